The SMILES string of the molecule is OC1COCC1NC/C=C/c1ccco1. The van der Waals surface area contributed by atoms with Crippen LogP contribution in [0.15, 0.2) is 28.9 Å². The van der Waals surface area contributed by atoms with Crippen LogP contribution in [-0.2, 0) is 4.74 Å². The standard InChI is InChI=1S/C11H15NO3/c13-11-8-14-7-10(11)12-5-1-3-9-4-2-6-15-9/h1-4,6,10-13H,5,7-8H2/b3-1+. The molecule has 4 heteroatoms. The summed E-state index contributed by atoms with van der Waals surface area (Å²) in [5.74, 6) is 0.833. The second-order valence-corrected chi connectivity index (χ2v) is 3.54. The van der Waals surface area contributed by atoms with Crippen LogP contribution in [-0.4, -0.2) is 37.0 Å². The van der Waals surface area contributed by atoms with E-state index in [9.17, 15) is 5.11 Å². The second kappa shape index (κ2) is 5.11. The highest BCUT2D eigenvalue weighted by Gasteiger charge is 2.24. The Balaban J connectivity index is 1.70. The summed E-state index contributed by atoms with van der Waals surface area (Å²) in [6, 6.07) is 3.79. The molecule has 1 aromatic heterocycles. The van der Waals surface area contributed by atoms with E-state index in [0.29, 0.717) is 19.8 Å². The first-order valence-corrected chi connectivity index (χ1v) is 5.05. The Morgan fingerprint density at radius 3 is 3.13 bits per heavy atom. The fourth-order valence-electron chi connectivity index (χ4n) is 1.52. The molecule has 0 bridgehead atoms. The molecule has 2 heterocycles. The van der Waals surface area contributed by atoms with Crippen molar-refractivity contribution in [2.45, 2.75) is 12.1 Å². The molecule has 0 aromatic carbocycles. The van der Waals surface area contributed by atoms with Crippen LogP contribution in [0.25, 0.3) is 6.08 Å². The molecule has 1 fully saturated rings. The van der Waals surface area contributed by atoms with Gasteiger partial charge in [-0.25, -0.2) is 0 Å². The summed E-state index contributed by atoms with van der Waals surface area (Å²) < 4.78 is 10.3. The molecule has 0 amide bonds. The Labute approximate surface area is 88.5 Å². The van der Waals surface area contributed by atoms with E-state index in [1.54, 1.807) is 6.26 Å². The second-order valence-electron chi connectivity index (χ2n) is 3.54. The van der Waals surface area contributed by atoms with Crippen molar-refractivity contribution in [3.63, 3.8) is 0 Å². The number of furan rings is 1. The predicted molar refractivity (Wildman–Crippen MR) is 56.4 cm³/mol. The zero-order valence-electron chi connectivity index (χ0n) is 8.43. The van der Waals surface area contributed by atoms with Gasteiger partial charge in [-0.1, -0.05) is 6.08 Å². The van der Waals surface area contributed by atoms with Crippen molar-refractivity contribution in [1.29, 1.82) is 0 Å². The van der Waals surface area contributed by atoms with E-state index in [0.717, 1.165) is 5.76 Å². The van der Waals surface area contributed by atoms with Gasteiger partial charge in [0.1, 0.15) is 5.76 Å². The number of aliphatic hydroxyl groups is 1. The molecule has 1 aliphatic heterocycles. The van der Waals surface area contributed by atoms with E-state index < -0.39 is 0 Å². The quantitative estimate of drug-likeness (QED) is 0.764. The molecule has 1 saturated heterocycles. The third kappa shape index (κ3) is 2.92. The lowest BCUT2D eigenvalue weighted by atomic mass is 10.2. The number of rotatable bonds is 4. The summed E-state index contributed by atoms with van der Waals surface area (Å²) >= 11 is 0. The summed E-state index contributed by atoms with van der Waals surface area (Å²) in [6.07, 6.45) is 5.11. The Morgan fingerprint density at radius 2 is 2.47 bits per heavy atom. The fourth-order valence-corrected chi connectivity index (χ4v) is 1.52. The lowest BCUT2D eigenvalue weighted by Crippen LogP contribution is -2.38. The molecule has 0 radical (unpaired) electrons. The molecule has 2 atom stereocenters. The van der Waals surface area contributed by atoms with Crippen molar-refractivity contribution in [2.75, 3.05) is 19.8 Å². The van der Waals surface area contributed by atoms with Crippen LogP contribution in [0.4, 0.5) is 0 Å². The monoisotopic (exact) mass is 209 g/mol. The lowest BCUT2D eigenvalue weighted by molar-refractivity contribution is 0.122. The van der Waals surface area contributed by atoms with Gasteiger partial charge in [0, 0.05) is 6.54 Å². The van der Waals surface area contributed by atoms with Gasteiger partial charge in [-0.05, 0) is 18.2 Å². The zero-order chi connectivity index (χ0) is 10.5. The molecule has 15 heavy (non-hydrogen) atoms. The lowest BCUT2D eigenvalue weighted by Gasteiger charge is -2.12. The third-order valence-corrected chi connectivity index (χ3v) is 2.37. The van der Waals surface area contributed by atoms with Crippen LogP contribution < -0.4 is 5.32 Å². The average molecular weight is 209 g/mol. The van der Waals surface area contributed by atoms with Gasteiger partial charge in [-0.3, -0.25) is 0 Å². The fraction of sp³-hybridized carbons (Fsp3) is 0.455. The minimum Gasteiger partial charge on any atom is -0.465 e. The molecule has 1 aromatic rings. The van der Waals surface area contributed by atoms with Crippen molar-refractivity contribution >= 4 is 6.08 Å². The van der Waals surface area contributed by atoms with Crippen molar-refractivity contribution in [3.05, 3.63) is 30.2 Å². The van der Waals surface area contributed by atoms with Gasteiger partial charge < -0.3 is 19.6 Å². The number of hydrogen-bond acceptors (Lipinski definition) is 4. The topological polar surface area (TPSA) is 54.6 Å². The molecular formula is C11H15NO3. The minimum atomic E-state index is -0.387. The summed E-state index contributed by atoms with van der Waals surface area (Å²) in [7, 11) is 0. The predicted octanol–water partition coefficient (Wildman–Crippen LogP) is 0.642. The maximum absolute atomic E-state index is 9.44. The number of hydrogen-bond donors (Lipinski definition) is 2. The Bertz CT molecular complexity index is 308. The van der Waals surface area contributed by atoms with E-state index in [2.05, 4.69) is 5.32 Å². The van der Waals surface area contributed by atoms with Gasteiger partial charge >= 0.3 is 0 Å². The van der Waals surface area contributed by atoms with Gasteiger partial charge in [0.2, 0.25) is 0 Å². The molecule has 1 aliphatic rings. The number of ether oxygens (including phenoxy) is 1. The Hall–Kier alpha value is -1.10. The smallest absolute Gasteiger partial charge is 0.126 e. The van der Waals surface area contributed by atoms with E-state index in [1.165, 1.54) is 0 Å². The van der Waals surface area contributed by atoms with Gasteiger partial charge in [-0.2, -0.15) is 0 Å². The van der Waals surface area contributed by atoms with Crippen molar-refractivity contribution in [1.82, 2.24) is 5.32 Å². The first-order chi connectivity index (χ1) is 7.36. The van der Waals surface area contributed by atoms with Gasteiger partial charge in [-0.15, -0.1) is 0 Å². The van der Waals surface area contributed by atoms with E-state index in [4.69, 9.17) is 9.15 Å². The molecular weight excluding hydrogens is 194 g/mol. The van der Waals surface area contributed by atoms with Crippen LogP contribution in [0.2, 0.25) is 0 Å². The van der Waals surface area contributed by atoms with Crippen LogP contribution in [0.1, 0.15) is 5.76 Å². The van der Waals surface area contributed by atoms with Crippen LogP contribution in [0.5, 0.6) is 0 Å². The molecule has 82 valence electrons. The molecule has 0 spiro atoms. The molecule has 0 saturated carbocycles. The zero-order valence-corrected chi connectivity index (χ0v) is 8.43. The number of nitrogens with one attached hydrogen (secondary N) is 1. The van der Waals surface area contributed by atoms with E-state index in [-0.39, 0.29) is 12.1 Å². The molecule has 4 nitrogen and oxygen atoms in total. The Kier molecular flexibility index (Phi) is 3.55. The van der Waals surface area contributed by atoms with E-state index in [1.807, 2.05) is 24.3 Å². The maximum Gasteiger partial charge on any atom is 0.126 e. The summed E-state index contributed by atoms with van der Waals surface area (Å²) in [5, 5.41) is 12.6. The molecule has 0 aliphatic carbocycles. The van der Waals surface area contributed by atoms with Crippen molar-refractivity contribution in [2.24, 2.45) is 0 Å². The molecule has 2 unspecified atom stereocenters. The number of aliphatic hydroxyl groups excluding tert-OH is 1. The van der Waals surface area contributed by atoms with Gasteiger partial charge in [0.05, 0.1) is 31.6 Å². The summed E-state index contributed by atoms with van der Waals surface area (Å²) in [6.45, 7) is 1.71. The maximum atomic E-state index is 9.44. The van der Waals surface area contributed by atoms with Crippen molar-refractivity contribution < 1.29 is 14.3 Å². The van der Waals surface area contributed by atoms with Gasteiger partial charge in [0.15, 0.2) is 0 Å². The minimum absolute atomic E-state index is 0.0475. The first kappa shape index (κ1) is 10.4. The van der Waals surface area contributed by atoms with Crippen LogP contribution in [0, 0.1) is 0 Å². The highest BCUT2D eigenvalue weighted by molar-refractivity contribution is 5.42. The van der Waals surface area contributed by atoms with Crippen LogP contribution >= 0.6 is 0 Å². The highest BCUT2D eigenvalue weighted by atomic mass is 16.5. The normalized spacial score (nSPS) is 26.5. The van der Waals surface area contributed by atoms with Gasteiger partial charge in [0.25, 0.3) is 0 Å². The summed E-state index contributed by atoms with van der Waals surface area (Å²) in [5.41, 5.74) is 0. The van der Waals surface area contributed by atoms with Crippen molar-refractivity contribution in [3.8, 4) is 0 Å². The first-order valence-electron chi connectivity index (χ1n) is 5.05. The summed E-state index contributed by atoms with van der Waals surface area (Å²) in [4.78, 5) is 0. The third-order valence-electron chi connectivity index (χ3n) is 2.37. The Morgan fingerprint density at radius 1 is 1.53 bits per heavy atom. The molecule has 2 rings (SSSR count). The highest BCUT2D eigenvalue weighted by Crippen LogP contribution is 2.05. The van der Waals surface area contributed by atoms with E-state index >= 15 is 0 Å². The largest absolute Gasteiger partial charge is 0.465 e. The average Bonchev–Trinajstić information content (AvgIpc) is 2.85. The molecule has 2 N–H and O–H groups in total. The van der Waals surface area contributed by atoms with Crippen LogP contribution in [0.3, 0.4) is 0 Å².